The molecule has 0 bridgehead atoms. The highest BCUT2D eigenvalue weighted by atomic mass is 16.7. The summed E-state index contributed by atoms with van der Waals surface area (Å²) in [5.41, 5.74) is 3.40. The summed E-state index contributed by atoms with van der Waals surface area (Å²) >= 11 is 0. The lowest BCUT2D eigenvalue weighted by Gasteiger charge is -2.11. The lowest BCUT2D eigenvalue weighted by atomic mass is 9.97. The number of ether oxygens (including phenoxy) is 2. The molecule has 0 aromatic heterocycles. The summed E-state index contributed by atoms with van der Waals surface area (Å²) in [6.45, 7) is 4.32. The van der Waals surface area contributed by atoms with Gasteiger partial charge in [-0.15, -0.1) is 0 Å². The van der Waals surface area contributed by atoms with Crippen molar-refractivity contribution in [3.8, 4) is 11.5 Å². The summed E-state index contributed by atoms with van der Waals surface area (Å²) in [4.78, 5) is 10.5. The molecule has 4 nitrogen and oxygen atoms in total. The first-order valence-electron chi connectivity index (χ1n) is 5.70. The average Bonchev–Trinajstić information content (AvgIpc) is 2.70. The van der Waals surface area contributed by atoms with Crippen LogP contribution in [0.15, 0.2) is 6.07 Å². The van der Waals surface area contributed by atoms with E-state index in [2.05, 4.69) is 0 Å². The zero-order valence-corrected chi connectivity index (χ0v) is 10.1. The number of benzene rings is 1. The van der Waals surface area contributed by atoms with E-state index in [0.29, 0.717) is 12.8 Å². The molecule has 0 saturated carbocycles. The zero-order valence-electron chi connectivity index (χ0n) is 10.1. The van der Waals surface area contributed by atoms with Gasteiger partial charge in [0, 0.05) is 12.0 Å². The molecule has 0 radical (unpaired) electrons. The van der Waals surface area contributed by atoms with Crippen molar-refractivity contribution in [2.24, 2.45) is 0 Å². The van der Waals surface area contributed by atoms with Crippen molar-refractivity contribution in [2.45, 2.75) is 33.1 Å². The maximum Gasteiger partial charge on any atom is 0.303 e. The number of aryl methyl sites for hydroxylation is 1. The van der Waals surface area contributed by atoms with Crippen LogP contribution in [0.2, 0.25) is 0 Å². The van der Waals surface area contributed by atoms with Gasteiger partial charge >= 0.3 is 5.97 Å². The van der Waals surface area contributed by atoms with Crippen LogP contribution in [0.5, 0.6) is 11.5 Å². The van der Waals surface area contributed by atoms with Crippen LogP contribution in [-0.2, 0) is 11.2 Å². The standard InChI is InChI=1S/C13H16O4/c1-8-6-11-13(17-7-16-11)10(9(8)2)4-3-5-12(14)15/h6H,3-5,7H2,1-2H3,(H,14,15). The van der Waals surface area contributed by atoms with Crippen molar-refractivity contribution in [2.75, 3.05) is 6.79 Å². The van der Waals surface area contributed by atoms with Crippen molar-refractivity contribution in [1.29, 1.82) is 0 Å². The van der Waals surface area contributed by atoms with Gasteiger partial charge in [-0.25, -0.2) is 0 Å². The smallest absolute Gasteiger partial charge is 0.303 e. The van der Waals surface area contributed by atoms with Gasteiger partial charge in [-0.05, 0) is 43.9 Å². The highest BCUT2D eigenvalue weighted by molar-refractivity contribution is 5.66. The molecule has 1 aromatic carbocycles. The van der Waals surface area contributed by atoms with E-state index in [1.807, 2.05) is 19.9 Å². The summed E-state index contributed by atoms with van der Waals surface area (Å²) in [6.07, 6.45) is 1.52. The van der Waals surface area contributed by atoms with Crippen LogP contribution >= 0.6 is 0 Å². The minimum Gasteiger partial charge on any atom is -0.481 e. The molecule has 2 rings (SSSR count). The molecule has 92 valence electrons. The van der Waals surface area contributed by atoms with Crippen molar-refractivity contribution in [1.82, 2.24) is 0 Å². The molecule has 0 saturated heterocycles. The fourth-order valence-electron chi connectivity index (χ4n) is 2.06. The van der Waals surface area contributed by atoms with Gasteiger partial charge in [-0.2, -0.15) is 0 Å². The lowest BCUT2D eigenvalue weighted by molar-refractivity contribution is -0.137. The highest BCUT2D eigenvalue weighted by Crippen LogP contribution is 2.39. The molecule has 0 spiro atoms. The third-order valence-electron chi connectivity index (χ3n) is 3.12. The maximum absolute atomic E-state index is 10.5. The van der Waals surface area contributed by atoms with E-state index in [1.54, 1.807) is 0 Å². The van der Waals surface area contributed by atoms with Gasteiger partial charge in [-0.1, -0.05) is 0 Å². The molecule has 0 atom stereocenters. The van der Waals surface area contributed by atoms with Gasteiger partial charge < -0.3 is 14.6 Å². The monoisotopic (exact) mass is 236 g/mol. The van der Waals surface area contributed by atoms with E-state index in [1.165, 1.54) is 5.56 Å². The summed E-state index contributed by atoms with van der Waals surface area (Å²) in [7, 11) is 0. The Hall–Kier alpha value is -1.71. The molecule has 0 amide bonds. The lowest BCUT2D eigenvalue weighted by Crippen LogP contribution is -2.00. The summed E-state index contributed by atoms with van der Waals surface area (Å²) < 4.78 is 10.8. The predicted octanol–water partition coefficient (Wildman–Crippen LogP) is 2.44. The number of carbonyl (C=O) groups is 1. The largest absolute Gasteiger partial charge is 0.481 e. The summed E-state index contributed by atoms with van der Waals surface area (Å²) in [5.74, 6) is 0.807. The molecule has 1 aliphatic rings. The van der Waals surface area contributed by atoms with Crippen LogP contribution in [0.1, 0.15) is 29.5 Å². The maximum atomic E-state index is 10.5. The average molecular weight is 236 g/mol. The molecule has 4 heteroatoms. The van der Waals surface area contributed by atoms with Crippen molar-refractivity contribution in [3.05, 3.63) is 22.8 Å². The molecular weight excluding hydrogens is 220 g/mol. The molecule has 1 aliphatic heterocycles. The second-order valence-corrected chi connectivity index (χ2v) is 4.28. The van der Waals surface area contributed by atoms with Gasteiger partial charge in [0.05, 0.1) is 0 Å². The van der Waals surface area contributed by atoms with Gasteiger partial charge in [0.1, 0.15) is 0 Å². The Morgan fingerprint density at radius 1 is 1.41 bits per heavy atom. The van der Waals surface area contributed by atoms with Crippen LogP contribution < -0.4 is 9.47 Å². The number of rotatable bonds is 4. The minimum atomic E-state index is -0.760. The Morgan fingerprint density at radius 2 is 2.18 bits per heavy atom. The first-order chi connectivity index (χ1) is 8.09. The van der Waals surface area contributed by atoms with E-state index in [4.69, 9.17) is 14.6 Å². The highest BCUT2D eigenvalue weighted by Gasteiger charge is 2.20. The number of fused-ring (bicyclic) bond motifs is 1. The van der Waals surface area contributed by atoms with Crippen LogP contribution in [0.25, 0.3) is 0 Å². The molecule has 1 heterocycles. The third kappa shape index (κ3) is 2.35. The molecule has 1 aromatic rings. The molecule has 0 aliphatic carbocycles. The normalized spacial score (nSPS) is 12.8. The summed E-state index contributed by atoms with van der Waals surface area (Å²) in [5, 5.41) is 8.65. The van der Waals surface area contributed by atoms with E-state index in [9.17, 15) is 4.79 Å². The topological polar surface area (TPSA) is 55.8 Å². The Morgan fingerprint density at radius 3 is 2.88 bits per heavy atom. The first-order valence-corrected chi connectivity index (χ1v) is 5.70. The van der Waals surface area contributed by atoms with Crippen LogP contribution in [0.3, 0.4) is 0 Å². The molecule has 0 fully saturated rings. The summed E-state index contributed by atoms with van der Waals surface area (Å²) in [6, 6.07) is 1.97. The molecular formula is C13H16O4. The Kier molecular flexibility index (Phi) is 3.22. The number of carboxylic acid groups (broad SMARTS) is 1. The number of hydrogen-bond acceptors (Lipinski definition) is 3. The third-order valence-corrected chi connectivity index (χ3v) is 3.12. The number of carboxylic acids is 1. The van der Waals surface area contributed by atoms with Gasteiger partial charge in [0.15, 0.2) is 11.5 Å². The minimum absolute atomic E-state index is 0.184. The van der Waals surface area contributed by atoms with Crippen molar-refractivity contribution < 1.29 is 19.4 Å². The number of hydrogen-bond donors (Lipinski definition) is 1. The fourth-order valence-corrected chi connectivity index (χ4v) is 2.06. The first kappa shape index (κ1) is 11.8. The predicted molar refractivity (Wildman–Crippen MR) is 62.6 cm³/mol. The van der Waals surface area contributed by atoms with Crippen LogP contribution in [0.4, 0.5) is 0 Å². The second-order valence-electron chi connectivity index (χ2n) is 4.28. The quantitative estimate of drug-likeness (QED) is 0.872. The van der Waals surface area contributed by atoms with Gasteiger partial charge in [0.25, 0.3) is 0 Å². The van der Waals surface area contributed by atoms with Gasteiger partial charge in [0.2, 0.25) is 6.79 Å². The zero-order chi connectivity index (χ0) is 12.4. The Labute approximate surface area is 100 Å². The van der Waals surface area contributed by atoms with E-state index >= 15 is 0 Å². The number of aliphatic carboxylic acids is 1. The fraction of sp³-hybridized carbons (Fsp3) is 0.462. The second kappa shape index (κ2) is 4.65. The van der Waals surface area contributed by atoms with E-state index in [-0.39, 0.29) is 13.2 Å². The molecule has 0 unspecified atom stereocenters. The van der Waals surface area contributed by atoms with Crippen molar-refractivity contribution in [3.63, 3.8) is 0 Å². The van der Waals surface area contributed by atoms with Crippen LogP contribution in [-0.4, -0.2) is 17.9 Å². The Bertz CT molecular complexity index is 451. The van der Waals surface area contributed by atoms with E-state index in [0.717, 1.165) is 22.6 Å². The van der Waals surface area contributed by atoms with Crippen LogP contribution in [0, 0.1) is 13.8 Å². The molecule has 1 N–H and O–H groups in total. The molecule has 17 heavy (non-hydrogen) atoms. The van der Waals surface area contributed by atoms with Gasteiger partial charge in [-0.3, -0.25) is 4.79 Å². The Balaban J connectivity index is 2.23. The van der Waals surface area contributed by atoms with Crippen molar-refractivity contribution >= 4 is 5.97 Å². The SMILES string of the molecule is Cc1cc2c(c(CCCC(=O)O)c1C)OCO2. The van der Waals surface area contributed by atoms with E-state index < -0.39 is 5.97 Å².